The van der Waals surface area contributed by atoms with Gasteiger partial charge in [-0.15, -0.1) is 0 Å². The summed E-state index contributed by atoms with van der Waals surface area (Å²) in [6.07, 6.45) is -1.16. The van der Waals surface area contributed by atoms with Crippen molar-refractivity contribution in [3.8, 4) is 5.75 Å². The van der Waals surface area contributed by atoms with Crippen LogP contribution in [-0.4, -0.2) is 11.0 Å². The summed E-state index contributed by atoms with van der Waals surface area (Å²) in [5.41, 5.74) is 4.09. The maximum atomic E-state index is 13.1. The molecule has 0 spiro atoms. The number of ether oxygens (including phenoxy) is 1. The molecule has 0 fully saturated rings. The quantitative estimate of drug-likeness (QED) is 0.595. The summed E-state index contributed by atoms with van der Waals surface area (Å²) in [6, 6.07) is 1.79. The Morgan fingerprint density at radius 3 is 2.67 bits per heavy atom. The molecule has 6 nitrogen and oxygen atoms in total. The third kappa shape index (κ3) is 2.39. The smallest absolute Gasteiger partial charge is 0.409 e. The molecule has 0 atom stereocenters. The van der Waals surface area contributed by atoms with Gasteiger partial charge in [0.25, 0.3) is 5.69 Å². The molecule has 0 radical (unpaired) electrons. The van der Waals surface area contributed by atoms with Crippen molar-refractivity contribution in [1.29, 1.82) is 0 Å². The second-order valence-corrected chi connectivity index (χ2v) is 2.73. The summed E-state index contributed by atoms with van der Waals surface area (Å²) in [6.45, 7) is 1.25. The highest BCUT2D eigenvalue weighted by molar-refractivity contribution is 5.68. The standard InChI is InChI=1S/C8H7FN2O4/c1-4-6(9)2-5(15-8(10)12)3-7(4)11(13)14/h2-3H,1H3,(H2,10,12). The first-order chi connectivity index (χ1) is 6.91. The maximum Gasteiger partial charge on any atom is 0.409 e. The number of nitro benzene ring substituents is 1. The highest BCUT2D eigenvalue weighted by atomic mass is 19.1. The number of benzene rings is 1. The van der Waals surface area contributed by atoms with Crippen LogP contribution in [0.3, 0.4) is 0 Å². The van der Waals surface area contributed by atoms with Gasteiger partial charge in [0, 0.05) is 6.07 Å². The molecule has 0 unspecified atom stereocenters. The van der Waals surface area contributed by atoms with E-state index in [1.807, 2.05) is 0 Å². The Bertz CT molecular complexity index is 433. The fourth-order valence-corrected chi connectivity index (χ4v) is 1.00. The van der Waals surface area contributed by atoms with E-state index in [-0.39, 0.29) is 11.3 Å². The summed E-state index contributed by atoms with van der Waals surface area (Å²) < 4.78 is 17.4. The van der Waals surface area contributed by atoms with E-state index in [2.05, 4.69) is 10.5 Å². The Hall–Kier alpha value is -2.18. The second kappa shape index (κ2) is 3.91. The minimum absolute atomic E-state index is 0.128. The van der Waals surface area contributed by atoms with Gasteiger partial charge in [-0.1, -0.05) is 0 Å². The molecule has 0 aromatic heterocycles. The van der Waals surface area contributed by atoms with Crippen LogP contribution < -0.4 is 10.5 Å². The molecule has 0 saturated heterocycles. The van der Waals surface area contributed by atoms with Gasteiger partial charge in [0.15, 0.2) is 0 Å². The monoisotopic (exact) mass is 214 g/mol. The highest BCUT2D eigenvalue weighted by Crippen LogP contribution is 2.26. The molecule has 0 bridgehead atoms. The molecule has 15 heavy (non-hydrogen) atoms. The Balaban J connectivity index is 3.23. The molecular formula is C8H7FN2O4. The molecule has 1 amide bonds. The van der Waals surface area contributed by atoms with Gasteiger partial charge in [0.05, 0.1) is 16.6 Å². The minimum atomic E-state index is -1.16. The van der Waals surface area contributed by atoms with E-state index in [9.17, 15) is 19.3 Å². The topological polar surface area (TPSA) is 95.5 Å². The number of nitro groups is 1. The number of primary amides is 1. The molecule has 0 aliphatic rings. The Labute approximate surface area is 83.6 Å². The average Bonchev–Trinajstić information content (AvgIpc) is 2.09. The van der Waals surface area contributed by atoms with Crippen molar-refractivity contribution in [3.63, 3.8) is 0 Å². The van der Waals surface area contributed by atoms with Gasteiger partial charge in [0.1, 0.15) is 11.6 Å². The number of nitrogens with two attached hydrogens (primary N) is 1. The molecule has 7 heteroatoms. The van der Waals surface area contributed by atoms with Gasteiger partial charge in [-0.25, -0.2) is 9.18 Å². The Morgan fingerprint density at radius 1 is 1.60 bits per heavy atom. The van der Waals surface area contributed by atoms with E-state index in [1.165, 1.54) is 6.92 Å². The number of hydrogen-bond donors (Lipinski definition) is 1. The van der Waals surface area contributed by atoms with Crippen molar-refractivity contribution in [2.45, 2.75) is 6.92 Å². The zero-order valence-corrected chi connectivity index (χ0v) is 7.69. The minimum Gasteiger partial charge on any atom is -0.410 e. The van der Waals surface area contributed by atoms with E-state index in [0.717, 1.165) is 12.1 Å². The SMILES string of the molecule is Cc1c(F)cc(OC(N)=O)cc1[N+](=O)[O-]. The largest absolute Gasteiger partial charge is 0.410 e. The molecule has 80 valence electrons. The van der Waals surface area contributed by atoms with Crippen molar-refractivity contribution in [2.75, 3.05) is 0 Å². The van der Waals surface area contributed by atoms with Crippen molar-refractivity contribution < 1.29 is 18.8 Å². The number of halogens is 1. The predicted octanol–water partition coefficient (Wildman–Crippen LogP) is 1.50. The fraction of sp³-hybridized carbons (Fsp3) is 0.125. The molecule has 0 aliphatic carbocycles. The fourth-order valence-electron chi connectivity index (χ4n) is 1.00. The van der Waals surface area contributed by atoms with Gasteiger partial charge >= 0.3 is 6.09 Å². The second-order valence-electron chi connectivity index (χ2n) is 2.73. The van der Waals surface area contributed by atoms with Crippen LogP contribution in [0.5, 0.6) is 5.75 Å². The highest BCUT2D eigenvalue weighted by Gasteiger charge is 2.17. The summed E-state index contributed by atoms with van der Waals surface area (Å²) in [4.78, 5) is 20.1. The van der Waals surface area contributed by atoms with E-state index in [0.29, 0.717) is 0 Å². The first-order valence-corrected chi connectivity index (χ1v) is 3.83. The van der Waals surface area contributed by atoms with Crippen LogP contribution in [0.1, 0.15) is 5.56 Å². The zero-order chi connectivity index (χ0) is 11.6. The summed E-state index contributed by atoms with van der Waals surface area (Å²) in [5, 5.41) is 10.5. The number of carbonyl (C=O) groups excluding carboxylic acids is 1. The van der Waals surface area contributed by atoms with E-state index in [1.54, 1.807) is 0 Å². The lowest BCUT2D eigenvalue weighted by atomic mass is 10.2. The van der Waals surface area contributed by atoms with Crippen molar-refractivity contribution in [1.82, 2.24) is 0 Å². The van der Waals surface area contributed by atoms with Crippen LogP contribution in [0.15, 0.2) is 12.1 Å². The average molecular weight is 214 g/mol. The Kier molecular flexibility index (Phi) is 2.84. The third-order valence-corrected chi connectivity index (χ3v) is 1.71. The van der Waals surface area contributed by atoms with Crippen LogP contribution in [-0.2, 0) is 0 Å². The van der Waals surface area contributed by atoms with E-state index in [4.69, 9.17) is 0 Å². The summed E-state index contributed by atoms with van der Waals surface area (Å²) in [5.74, 6) is -1.13. The van der Waals surface area contributed by atoms with Crippen LogP contribution in [0.2, 0.25) is 0 Å². The van der Waals surface area contributed by atoms with Crippen molar-refractivity contribution in [2.24, 2.45) is 5.73 Å². The predicted molar refractivity (Wildman–Crippen MR) is 48.0 cm³/mol. The maximum absolute atomic E-state index is 13.1. The first kappa shape index (κ1) is 10.9. The number of amides is 1. The van der Waals surface area contributed by atoms with Crippen LogP contribution >= 0.6 is 0 Å². The molecule has 1 aromatic carbocycles. The molecule has 0 saturated carbocycles. The summed E-state index contributed by atoms with van der Waals surface area (Å²) >= 11 is 0. The number of rotatable bonds is 2. The summed E-state index contributed by atoms with van der Waals surface area (Å²) in [7, 11) is 0. The van der Waals surface area contributed by atoms with E-state index >= 15 is 0 Å². The van der Waals surface area contributed by atoms with Crippen LogP contribution in [0, 0.1) is 22.9 Å². The normalized spacial score (nSPS) is 9.73. The first-order valence-electron chi connectivity index (χ1n) is 3.83. The van der Waals surface area contributed by atoms with Gasteiger partial charge in [-0.3, -0.25) is 10.1 Å². The molecule has 1 aromatic rings. The van der Waals surface area contributed by atoms with Gasteiger partial charge in [0.2, 0.25) is 0 Å². The van der Waals surface area contributed by atoms with Gasteiger partial charge < -0.3 is 10.5 Å². The van der Waals surface area contributed by atoms with Gasteiger partial charge in [-0.2, -0.15) is 0 Å². The number of hydrogen-bond acceptors (Lipinski definition) is 4. The lowest BCUT2D eigenvalue weighted by Crippen LogP contribution is -2.16. The molecule has 0 aliphatic heterocycles. The van der Waals surface area contributed by atoms with Gasteiger partial charge in [-0.05, 0) is 6.92 Å². The lowest BCUT2D eigenvalue weighted by Gasteiger charge is -2.03. The number of carbonyl (C=O) groups is 1. The third-order valence-electron chi connectivity index (χ3n) is 1.71. The zero-order valence-electron chi connectivity index (χ0n) is 7.69. The van der Waals surface area contributed by atoms with Crippen LogP contribution in [0.4, 0.5) is 14.9 Å². The molecule has 1 rings (SSSR count). The molecule has 2 N–H and O–H groups in total. The van der Waals surface area contributed by atoms with Crippen molar-refractivity contribution >= 4 is 11.8 Å². The molecule has 0 heterocycles. The lowest BCUT2D eigenvalue weighted by molar-refractivity contribution is -0.385. The Morgan fingerprint density at radius 2 is 2.20 bits per heavy atom. The van der Waals surface area contributed by atoms with E-state index < -0.39 is 22.5 Å². The van der Waals surface area contributed by atoms with Crippen LogP contribution in [0.25, 0.3) is 0 Å². The van der Waals surface area contributed by atoms with Crippen molar-refractivity contribution in [3.05, 3.63) is 33.6 Å². The molecular weight excluding hydrogens is 207 g/mol. The number of nitrogens with zero attached hydrogens (tertiary/aromatic N) is 1.